The van der Waals surface area contributed by atoms with E-state index in [4.69, 9.17) is 4.74 Å². The zero-order valence-corrected chi connectivity index (χ0v) is 13.7. The van der Waals surface area contributed by atoms with Gasteiger partial charge in [-0.25, -0.2) is 8.42 Å². The van der Waals surface area contributed by atoms with Crippen molar-refractivity contribution in [3.63, 3.8) is 0 Å². The number of carbonyl (C=O) groups is 1. The lowest BCUT2D eigenvalue weighted by atomic mass is 10.2. The Morgan fingerprint density at radius 3 is 2.91 bits per heavy atom. The largest absolute Gasteiger partial charge is 0.378 e. The molecule has 22 heavy (non-hydrogen) atoms. The van der Waals surface area contributed by atoms with Crippen molar-refractivity contribution in [1.82, 2.24) is 9.62 Å². The van der Waals surface area contributed by atoms with Gasteiger partial charge >= 0.3 is 0 Å². The van der Waals surface area contributed by atoms with Gasteiger partial charge in [0.25, 0.3) is 5.91 Å². The van der Waals surface area contributed by atoms with Crippen molar-refractivity contribution in [2.24, 2.45) is 0 Å². The monoisotopic (exact) mass is 326 g/mol. The van der Waals surface area contributed by atoms with Crippen molar-refractivity contribution in [3.8, 4) is 0 Å². The maximum absolute atomic E-state index is 12.7. The maximum Gasteiger partial charge on any atom is 0.251 e. The molecular weight excluding hydrogens is 304 g/mol. The molecule has 1 aliphatic heterocycles. The van der Waals surface area contributed by atoms with Crippen LogP contribution in [0.4, 0.5) is 0 Å². The molecule has 1 amide bonds. The number of hydrogen-bond donors (Lipinski definition) is 1. The normalized spacial score (nSPS) is 19.8. The van der Waals surface area contributed by atoms with Crippen LogP contribution in [0.25, 0.3) is 0 Å². The van der Waals surface area contributed by atoms with Crippen LogP contribution in [0.1, 0.15) is 30.6 Å². The molecule has 1 atom stereocenters. The number of sulfonamides is 1. The highest BCUT2D eigenvalue weighted by Gasteiger charge is 2.31. The SMILES string of the molecule is CCCNC(=O)c1cccc(S(=O)(=O)N2CCOCC2C)c1. The molecule has 2 rings (SSSR count). The van der Waals surface area contributed by atoms with Gasteiger partial charge in [-0.3, -0.25) is 4.79 Å². The molecule has 0 aliphatic carbocycles. The van der Waals surface area contributed by atoms with E-state index in [1.165, 1.54) is 16.4 Å². The minimum absolute atomic E-state index is 0.144. The summed E-state index contributed by atoms with van der Waals surface area (Å²) in [5.41, 5.74) is 0.357. The molecular formula is C15H22N2O4S. The first-order valence-corrected chi connectivity index (χ1v) is 8.88. The summed E-state index contributed by atoms with van der Waals surface area (Å²) < 4.78 is 32.2. The smallest absolute Gasteiger partial charge is 0.251 e. The third-order valence-electron chi connectivity index (χ3n) is 3.55. The van der Waals surface area contributed by atoms with Gasteiger partial charge in [0, 0.05) is 24.7 Å². The summed E-state index contributed by atoms with van der Waals surface area (Å²) in [5, 5.41) is 2.75. The van der Waals surface area contributed by atoms with Crippen molar-refractivity contribution < 1.29 is 17.9 Å². The van der Waals surface area contributed by atoms with Gasteiger partial charge in [0.2, 0.25) is 10.0 Å². The first kappa shape index (κ1) is 16.9. The highest BCUT2D eigenvalue weighted by molar-refractivity contribution is 7.89. The van der Waals surface area contributed by atoms with Crippen molar-refractivity contribution >= 4 is 15.9 Å². The van der Waals surface area contributed by atoms with E-state index >= 15 is 0 Å². The van der Waals surface area contributed by atoms with E-state index in [0.29, 0.717) is 31.9 Å². The number of nitrogens with zero attached hydrogens (tertiary/aromatic N) is 1. The number of nitrogens with one attached hydrogen (secondary N) is 1. The molecule has 1 N–H and O–H groups in total. The van der Waals surface area contributed by atoms with E-state index in [0.717, 1.165) is 6.42 Å². The number of rotatable bonds is 5. The third-order valence-corrected chi connectivity index (χ3v) is 5.55. The number of morpholine rings is 1. The molecule has 0 spiro atoms. The summed E-state index contributed by atoms with van der Waals surface area (Å²) in [6.07, 6.45) is 0.828. The van der Waals surface area contributed by atoms with Gasteiger partial charge in [0.05, 0.1) is 18.1 Å². The third kappa shape index (κ3) is 3.66. The van der Waals surface area contributed by atoms with Gasteiger partial charge in [-0.05, 0) is 31.5 Å². The fourth-order valence-electron chi connectivity index (χ4n) is 2.34. The summed E-state index contributed by atoms with van der Waals surface area (Å²) in [4.78, 5) is 12.1. The molecule has 122 valence electrons. The molecule has 1 fully saturated rings. The van der Waals surface area contributed by atoms with Gasteiger partial charge < -0.3 is 10.1 Å². The van der Waals surface area contributed by atoms with Crippen LogP contribution in [-0.4, -0.2) is 51.0 Å². The second-order valence-electron chi connectivity index (χ2n) is 5.32. The average Bonchev–Trinajstić information content (AvgIpc) is 2.53. The number of carbonyl (C=O) groups excluding carboxylic acids is 1. The van der Waals surface area contributed by atoms with Crippen LogP contribution in [-0.2, 0) is 14.8 Å². The van der Waals surface area contributed by atoms with Crippen LogP contribution < -0.4 is 5.32 Å². The first-order valence-electron chi connectivity index (χ1n) is 7.44. The fourth-order valence-corrected chi connectivity index (χ4v) is 3.99. The molecule has 6 nitrogen and oxygen atoms in total. The van der Waals surface area contributed by atoms with E-state index in [1.54, 1.807) is 12.1 Å². The van der Waals surface area contributed by atoms with Gasteiger partial charge in [0.1, 0.15) is 0 Å². The van der Waals surface area contributed by atoms with Crippen LogP contribution in [0, 0.1) is 0 Å². The Labute approximate surface area is 131 Å². The number of benzene rings is 1. The molecule has 7 heteroatoms. The van der Waals surface area contributed by atoms with Crippen molar-refractivity contribution in [2.75, 3.05) is 26.3 Å². The average molecular weight is 326 g/mol. The maximum atomic E-state index is 12.7. The van der Waals surface area contributed by atoms with Gasteiger partial charge in [0.15, 0.2) is 0 Å². The second kappa shape index (κ2) is 7.21. The van der Waals surface area contributed by atoms with Gasteiger partial charge in [-0.15, -0.1) is 0 Å². The Morgan fingerprint density at radius 1 is 1.45 bits per heavy atom. The molecule has 1 aliphatic rings. The lowest BCUT2D eigenvalue weighted by Gasteiger charge is -2.32. The van der Waals surface area contributed by atoms with Crippen LogP contribution in [0.3, 0.4) is 0 Å². The first-order chi connectivity index (χ1) is 10.5. The van der Waals surface area contributed by atoms with Crippen LogP contribution in [0.5, 0.6) is 0 Å². The summed E-state index contributed by atoms with van der Waals surface area (Å²) in [6.45, 7) is 5.44. The van der Waals surface area contributed by atoms with Gasteiger partial charge in [-0.2, -0.15) is 4.31 Å². The molecule has 0 bridgehead atoms. The predicted octanol–water partition coefficient (Wildman–Crippen LogP) is 1.24. The summed E-state index contributed by atoms with van der Waals surface area (Å²) in [5.74, 6) is -0.256. The van der Waals surface area contributed by atoms with Crippen LogP contribution >= 0.6 is 0 Å². The van der Waals surface area contributed by atoms with Crippen molar-refractivity contribution in [3.05, 3.63) is 29.8 Å². The molecule has 1 heterocycles. The Morgan fingerprint density at radius 2 is 2.23 bits per heavy atom. The Kier molecular flexibility index (Phi) is 5.55. The summed E-state index contributed by atoms with van der Waals surface area (Å²) in [7, 11) is -3.61. The molecule has 0 radical (unpaired) electrons. The Balaban J connectivity index is 2.26. The van der Waals surface area contributed by atoms with Gasteiger partial charge in [-0.1, -0.05) is 13.0 Å². The molecule has 1 saturated heterocycles. The zero-order chi connectivity index (χ0) is 16.2. The summed E-state index contributed by atoms with van der Waals surface area (Å²) in [6, 6.07) is 5.96. The van der Waals surface area contributed by atoms with Crippen molar-refractivity contribution in [1.29, 1.82) is 0 Å². The molecule has 0 aromatic heterocycles. The standard InChI is InChI=1S/C15H22N2O4S/c1-3-7-16-15(18)13-5-4-6-14(10-13)22(19,20)17-8-9-21-11-12(17)2/h4-6,10,12H,3,7-9,11H2,1-2H3,(H,16,18). The van der Waals surface area contributed by atoms with Crippen molar-refractivity contribution in [2.45, 2.75) is 31.2 Å². The highest BCUT2D eigenvalue weighted by atomic mass is 32.2. The number of ether oxygens (including phenoxy) is 1. The van der Waals surface area contributed by atoms with Crippen LogP contribution in [0.2, 0.25) is 0 Å². The highest BCUT2D eigenvalue weighted by Crippen LogP contribution is 2.21. The van der Waals surface area contributed by atoms with E-state index in [2.05, 4.69) is 5.32 Å². The van der Waals surface area contributed by atoms with E-state index in [9.17, 15) is 13.2 Å². The van der Waals surface area contributed by atoms with E-state index in [-0.39, 0.29) is 16.8 Å². The predicted molar refractivity (Wildman–Crippen MR) is 83.2 cm³/mol. The lowest BCUT2D eigenvalue weighted by Crippen LogP contribution is -2.46. The topological polar surface area (TPSA) is 75.7 Å². The molecule has 1 aromatic rings. The van der Waals surface area contributed by atoms with E-state index in [1.807, 2.05) is 13.8 Å². The minimum atomic E-state index is -3.61. The lowest BCUT2D eigenvalue weighted by molar-refractivity contribution is 0.0392. The summed E-state index contributed by atoms with van der Waals surface area (Å²) >= 11 is 0. The molecule has 1 unspecified atom stereocenters. The molecule has 1 aromatic carbocycles. The molecule has 0 saturated carbocycles. The number of hydrogen-bond acceptors (Lipinski definition) is 4. The fraction of sp³-hybridized carbons (Fsp3) is 0.533. The Bertz CT molecular complexity index is 630. The second-order valence-corrected chi connectivity index (χ2v) is 7.21. The van der Waals surface area contributed by atoms with Crippen LogP contribution in [0.15, 0.2) is 29.2 Å². The zero-order valence-electron chi connectivity index (χ0n) is 12.9. The quantitative estimate of drug-likeness (QED) is 0.883. The minimum Gasteiger partial charge on any atom is -0.378 e. The Hall–Kier alpha value is -1.44. The van der Waals surface area contributed by atoms with E-state index < -0.39 is 10.0 Å². The number of amides is 1.